The molecule has 0 bridgehead atoms. The van der Waals surface area contributed by atoms with Crippen molar-refractivity contribution in [3.8, 4) is 0 Å². The van der Waals surface area contributed by atoms with E-state index in [2.05, 4.69) is 24.5 Å². The number of halogens is 1. The molecule has 3 atom stereocenters. The van der Waals surface area contributed by atoms with Gasteiger partial charge in [0, 0.05) is 38.1 Å². The summed E-state index contributed by atoms with van der Waals surface area (Å²) in [4.78, 5) is 25.1. The van der Waals surface area contributed by atoms with Crippen LogP contribution in [0.5, 0.6) is 0 Å². The third kappa shape index (κ3) is 3.33. The minimum absolute atomic E-state index is 0. The van der Waals surface area contributed by atoms with Gasteiger partial charge < -0.3 is 15.5 Å². The van der Waals surface area contributed by atoms with Gasteiger partial charge in [0.2, 0.25) is 11.8 Å². The van der Waals surface area contributed by atoms with Crippen LogP contribution < -0.4 is 10.6 Å². The van der Waals surface area contributed by atoms with Crippen LogP contribution in [0.4, 0.5) is 0 Å². The molecule has 2 heterocycles. The van der Waals surface area contributed by atoms with Crippen molar-refractivity contribution in [3.63, 3.8) is 0 Å². The van der Waals surface area contributed by atoms with Gasteiger partial charge in [0.15, 0.2) is 0 Å². The van der Waals surface area contributed by atoms with Crippen LogP contribution in [0, 0.1) is 5.92 Å². The van der Waals surface area contributed by atoms with Gasteiger partial charge in [-0.05, 0) is 13.8 Å². The Kier molecular flexibility index (Phi) is 4.77. The van der Waals surface area contributed by atoms with Crippen molar-refractivity contribution in [2.45, 2.75) is 32.4 Å². The average Bonchev–Trinajstić information content (AvgIpc) is 2.62. The molecule has 0 aromatic carbocycles. The van der Waals surface area contributed by atoms with E-state index < -0.39 is 0 Å². The Morgan fingerprint density at radius 2 is 1.88 bits per heavy atom. The second kappa shape index (κ2) is 5.69. The topological polar surface area (TPSA) is 61.4 Å². The summed E-state index contributed by atoms with van der Waals surface area (Å²) < 4.78 is 0. The Balaban J connectivity index is 0.00000144. The summed E-state index contributed by atoms with van der Waals surface area (Å²) in [6.45, 7) is 6.15. The summed E-state index contributed by atoms with van der Waals surface area (Å²) in [5.41, 5.74) is 0. The lowest BCUT2D eigenvalue weighted by Gasteiger charge is -2.37. The normalized spacial score (nSPS) is 32.9. The molecule has 0 aromatic heterocycles. The second-order valence-electron chi connectivity index (χ2n) is 4.92. The molecule has 0 aliphatic carbocycles. The van der Waals surface area contributed by atoms with Crippen molar-refractivity contribution < 1.29 is 9.59 Å². The molecule has 17 heavy (non-hydrogen) atoms. The molecule has 2 aliphatic heterocycles. The highest BCUT2D eigenvalue weighted by molar-refractivity contribution is 5.89. The summed E-state index contributed by atoms with van der Waals surface area (Å²) in [7, 11) is 0. The van der Waals surface area contributed by atoms with Crippen LogP contribution in [0.15, 0.2) is 0 Å². The van der Waals surface area contributed by atoms with Crippen LogP contribution in [-0.4, -0.2) is 48.4 Å². The second-order valence-corrected chi connectivity index (χ2v) is 4.92. The SMILES string of the molecule is CC1CN(C(=O)C2CNC(=O)C2)CC(C)N1.Cl. The Morgan fingerprint density at radius 1 is 1.29 bits per heavy atom. The van der Waals surface area contributed by atoms with Gasteiger partial charge in [0.05, 0.1) is 5.92 Å². The van der Waals surface area contributed by atoms with E-state index in [0.29, 0.717) is 25.0 Å². The van der Waals surface area contributed by atoms with Crippen LogP contribution in [0.25, 0.3) is 0 Å². The van der Waals surface area contributed by atoms with E-state index in [-0.39, 0.29) is 30.1 Å². The Bertz CT molecular complexity index is 301. The molecule has 0 spiro atoms. The van der Waals surface area contributed by atoms with Gasteiger partial charge in [-0.2, -0.15) is 0 Å². The molecule has 2 aliphatic rings. The van der Waals surface area contributed by atoms with Crippen molar-refractivity contribution in [1.82, 2.24) is 15.5 Å². The number of carbonyl (C=O) groups excluding carboxylic acids is 2. The third-order valence-corrected chi connectivity index (χ3v) is 3.20. The minimum Gasteiger partial charge on any atom is -0.355 e. The standard InChI is InChI=1S/C11H19N3O2.ClH/c1-7-5-14(6-8(2)13-7)11(16)9-3-10(15)12-4-9;/h7-9,13H,3-6H2,1-2H3,(H,12,15);1H. The zero-order chi connectivity index (χ0) is 11.7. The first kappa shape index (κ1) is 14.3. The summed E-state index contributed by atoms with van der Waals surface area (Å²) >= 11 is 0. The molecule has 2 amide bonds. The van der Waals surface area contributed by atoms with Gasteiger partial charge in [-0.25, -0.2) is 0 Å². The van der Waals surface area contributed by atoms with Crippen molar-refractivity contribution in [3.05, 3.63) is 0 Å². The first-order valence-corrected chi connectivity index (χ1v) is 5.88. The van der Waals surface area contributed by atoms with Gasteiger partial charge in [-0.1, -0.05) is 0 Å². The van der Waals surface area contributed by atoms with Crippen molar-refractivity contribution in [2.75, 3.05) is 19.6 Å². The molecule has 2 N–H and O–H groups in total. The maximum absolute atomic E-state index is 12.1. The molecule has 2 rings (SSSR count). The van der Waals surface area contributed by atoms with Crippen molar-refractivity contribution in [1.29, 1.82) is 0 Å². The zero-order valence-electron chi connectivity index (χ0n) is 10.2. The number of nitrogens with zero attached hydrogens (tertiary/aromatic N) is 1. The molecule has 6 heteroatoms. The van der Waals surface area contributed by atoms with Gasteiger partial charge in [-0.15, -0.1) is 12.4 Å². The van der Waals surface area contributed by atoms with E-state index in [1.807, 2.05) is 4.90 Å². The summed E-state index contributed by atoms with van der Waals surface area (Å²) in [6.07, 6.45) is 0.353. The molecule has 98 valence electrons. The van der Waals surface area contributed by atoms with Crippen LogP contribution in [0.3, 0.4) is 0 Å². The van der Waals surface area contributed by atoms with Gasteiger partial charge in [-0.3, -0.25) is 9.59 Å². The van der Waals surface area contributed by atoms with Gasteiger partial charge in [0.25, 0.3) is 0 Å². The molecule has 0 radical (unpaired) electrons. The van der Waals surface area contributed by atoms with E-state index >= 15 is 0 Å². The molecular formula is C11H20ClN3O2. The fourth-order valence-corrected chi connectivity index (χ4v) is 2.54. The number of piperazine rings is 1. The maximum atomic E-state index is 12.1. The molecule has 0 aromatic rings. The van der Waals surface area contributed by atoms with Crippen LogP contribution in [0.2, 0.25) is 0 Å². The van der Waals surface area contributed by atoms with Crippen LogP contribution in [0.1, 0.15) is 20.3 Å². The molecule has 2 saturated heterocycles. The van der Waals surface area contributed by atoms with Crippen LogP contribution >= 0.6 is 12.4 Å². The average molecular weight is 262 g/mol. The van der Waals surface area contributed by atoms with E-state index in [9.17, 15) is 9.59 Å². The number of rotatable bonds is 1. The number of hydrogen-bond donors (Lipinski definition) is 2. The van der Waals surface area contributed by atoms with Gasteiger partial charge >= 0.3 is 0 Å². The van der Waals surface area contributed by atoms with E-state index in [1.54, 1.807) is 0 Å². The lowest BCUT2D eigenvalue weighted by molar-refractivity contribution is -0.137. The Hall–Kier alpha value is -0.810. The first-order valence-electron chi connectivity index (χ1n) is 5.88. The fraction of sp³-hybridized carbons (Fsp3) is 0.818. The molecule has 2 fully saturated rings. The Morgan fingerprint density at radius 3 is 2.35 bits per heavy atom. The van der Waals surface area contributed by atoms with E-state index in [0.717, 1.165) is 13.1 Å². The number of nitrogens with one attached hydrogen (secondary N) is 2. The zero-order valence-corrected chi connectivity index (χ0v) is 11.0. The smallest absolute Gasteiger partial charge is 0.228 e. The summed E-state index contributed by atoms with van der Waals surface area (Å²) in [6, 6.07) is 0.663. The summed E-state index contributed by atoms with van der Waals surface area (Å²) in [5.74, 6) is -0.0295. The maximum Gasteiger partial charge on any atom is 0.228 e. The number of hydrogen-bond acceptors (Lipinski definition) is 3. The van der Waals surface area contributed by atoms with E-state index in [1.165, 1.54) is 0 Å². The number of carbonyl (C=O) groups is 2. The monoisotopic (exact) mass is 261 g/mol. The minimum atomic E-state index is -0.148. The highest BCUT2D eigenvalue weighted by Crippen LogP contribution is 2.15. The molecule has 0 saturated carbocycles. The largest absolute Gasteiger partial charge is 0.355 e. The molecular weight excluding hydrogens is 242 g/mol. The predicted octanol–water partition coefficient (Wildman–Crippen LogP) is -0.247. The third-order valence-electron chi connectivity index (χ3n) is 3.20. The van der Waals surface area contributed by atoms with E-state index in [4.69, 9.17) is 0 Å². The quantitative estimate of drug-likeness (QED) is 0.685. The predicted molar refractivity (Wildman–Crippen MR) is 67.0 cm³/mol. The lowest BCUT2D eigenvalue weighted by atomic mass is 10.0. The van der Waals surface area contributed by atoms with Crippen LogP contribution in [-0.2, 0) is 9.59 Å². The highest BCUT2D eigenvalue weighted by Gasteiger charge is 2.33. The van der Waals surface area contributed by atoms with Crippen molar-refractivity contribution in [2.24, 2.45) is 5.92 Å². The molecule has 5 nitrogen and oxygen atoms in total. The lowest BCUT2D eigenvalue weighted by Crippen LogP contribution is -2.57. The summed E-state index contributed by atoms with van der Waals surface area (Å²) in [5, 5.41) is 6.10. The number of amides is 2. The molecule has 3 unspecified atom stereocenters. The Labute approximate surface area is 108 Å². The highest BCUT2D eigenvalue weighted by atomic mass is 35.5. The first-order chi connectivity index (χ1) is 7.56. The van der Waals surface area contributed by atoms with Crippen molar-refractivity contribution >= 4 is 24.2 Å². The van der Waals surface area contributed by atoms with Gasteiger partial charge in [0.1, 0.15) is 0 Å². The fourth-order valence-electron chi connectivity index (χ4n) is 2.54.